The van der Waals surface area contributed by atoms with Crippen molar-refractivity contribution < 1.29 is 9.90 Å². The highest BCUT2D eigenvalue weighted by Crippen LogP contribution is 2.28. The molecule has 2 aliphatic heterocycles. The summed E-state index contributed by atoms with van der Waals surface area (Å²) in [6.07, 6.45) is 7.74. The van der Waals surface area contributed by atoms with Gasteiger partial charge in [0, 0.05) is 51.4 Å². The second-order valence-electron chi connectivity index (χ2n) is 11.2. The molecule has 2 aromatic rings. The first kappa shape index (κ1) is 27.5. The van der Waals surface area contributed by atoms with Gasteiger partial charge in [-0.05, 0) is 64.1 Å². The quantitative estimate of drug-likeness (QED) is 0.397. The van der Waals surface area contributed by atoms with Crippen LogP contribution < -0.4 is 21.3 Å². The number of carbonyl (C=O) groups excluding carboxylic acids is 1. The van der Waals surface area contributed by atoms with E-state index in [-0.39, 0.29) is 17.8 Å². The van der Waals surface area contributed by atoms with Crippen LogP contribution in [0.25, 0.3) is 0 Å². The lowest BCUT2D eigenvalue weighted by molar-refractivity contribution is 0.0981. The van der Waals surface area contributed by atoms with Crippen molar-refractivity contribution in [3.8, 4) is 0 Å². The lowest BCUT2D eigenvalue weighted by atomic mass is 9.93. The number of aryl methyl sites for hydroxylation is 1. The van der Waals surface area contributed by atoms with Gasteiger partial charge in [-0.2, -0.15) is 0 Å². The molecule has 1 aliphatic carbocycles. The van der Waals surface area contributed by atoms with Crippen molar-refractivity contribution >= 4 is 29.0 Å². The van der Waals surface area contributed by atoms with Gasteiger partial charge in [-0.3, -0.25) is 9.69 Å². The zero-order valence-corrected chi connectivity index (χ0v) is 23.3. The number of aliphatic hydroxyl groups is 1. The van der Waals surface area contributed by atoms with Gasteiger partial charge in [-0.25, -0.2) is 15.0 Å². The molecule has 2 aromatic heterocycles. The van der Waals surface area contributed by atoms with E-state index >= 15 is 0 Å². The fourth-order valence-electron chi connectivity index (χ4n) is 5.94. The minimum atomic E-state index is -0.625. The van der Waals surface area contributed by atoms with Crippen molar-refractivity contribution in [2.45, 2.75) is 70.1 Å². The average Bonchev–Trinajstić information content (AvgIpc) is 2.95. The molecule has 11 nitrogen and oxygen atoms in total. The van der Waals surface area contributed by atoms with Crippen LogP contribution in [0.5, 0.6) is 0 Å². The minimum absolute atomic E-state index is 0.117. The number of aliphatic hydroxyl groups excluding tert-OH is 1. The molecular weight excluding hydrogens is 494 g/mol. The molecular formula is C28H43N9O2. The fraction of sp³-hybridized carbons (Fsp3) is 0.643. The van der Waals surface area contributed by atoms with E-state index in [1.54, 1.807) is 6.20 Å². The van der Waals surface area contributed by atoms with Crippen LogP contribution in [0.3, 0.4) is 0 Å². The van der Waals surface area contributed by atoms with E-state index in [0.717, 1.165) is 89.3 Å². The number of hydrogen-bond acceptors (Lipinski definition) is 10. The van der Waals surface area contributed by atoms with Crippen molar-refractivity contribution in [3.63, 3.8) is 0 Å². The first-order valence-corrected chi connectivity index (χ1v) is 14.5. The molecule has 3 aliphatic rings. The number of nitrogens with one attached hydrogen (secondary N) is 2. The summed E-state index contributed by atoms with van der Waals surface area (Å²) in [6.45, 7) is 8.61. The van der Waals surface area contributed by atoms with Crippen molar-refractivity contribution in [1.82, 2.24) is 24.8 Å². The van der Waals surface area contributed by atoms with Crippen LogP contribution in [0.4, 0.5) is 23.1 Å². The number of anilines is 4. The summed E-state index contributed by atoms with van der Waals surface area (Å²) in [5.74, 6) is 1.31. The third-order valence-electron chi connectivity index (χ3n) is 8.43. The Balaban J connectivity index is 1.24. The third-order valence-corrected chi connectivity index (χ3v) is 8.43. The molecule has 4 heterocycles. The van der Waals surface area contributed by atoms with Gasteiger partial charge in [0.05, 0.1) is 23.7 Å². The van der Waals surface area contributed by atoms with E-state index in [0.29, 0.717) is 29.8 Å². The number of amides is 1. The van der Waals surface area contributed by atoms with Gasteiger partial charge in [-0.15, -0.1) is 0 Å². The number of piperazine rings is 1. The molecule has 0 aromatic carbocycles. The van der Waals surface area contributed by atoms with Gasteiger partial charge in [0.25, 0.3) is 5.91 Å². The second-order valence-corrected chi connectivity index (χ2v) is 11.2. The van der Waals surface area contributed by atoms with Gasteiger partial charge in [-0.1, -0.05) is 6.92 Å². The van der Waals surface area contributed by atoms with E-state index in [4.69, 9.17) is 15.7 Å². The molecule has 1 amide bonds. The Morgan fingerprint density at radius 3 is 2.33 bits per heavy atom. The summed E-state index contributed by atoms with van der Waals surface area (Å²) in [6, 6.07) is 4.85. The first-order chi connectivity index (χ1) is 18.9. The van der Waals surface area contributed by atoms with E-state index < -0.39 is 5.91 Å². The maximum atomic E-state index is 12.2. The highest BCUT2D eigenvalue weighted by Gasteiger charge is 2.27. The molecule has 0 unspecified atom stereocenters. The fourth-order valence-corrected chi connectivity index (χ4v) is 5.94. The number of rotatable bonds is 8. The zero-order chi connectivity index (χ0) is 27.4. The molecule has 2 saturated heterocycles. The molecule has 39 heavy (non-hydrogen) atoms. The van der Waals surface area contributed by atoms with Crippen LogP contribution in [0.15, 0.2) is 18.3 Å². The van der Waals surface area contributed by atoms with Crippen LogP contribution in [-0.2, 0) is 6.42 Å². The Morgan fingerprint density at radius 2 is 1.72 bits per heavy atom. The number of hydrogen-bond donors (Lipinski definition) is 4. The van der Waals surface area contributed by atoms with Gasteiger partial charge in [0.1, 0.15) is 11.6 Å². The number of piperidine rings is 1. The normalized spacial score (nSPS) is 23.5. The molecule has 11 heteroatoms. The third kappa shape index (κ3) is 6.77. The van der Waals surface area contributed by atoms with Gasteiger partial charge >= 0.3 is 0 Å². The van der Waals surface area contributed by atoms with Crippen LogP contribution in [-0.4, -0.2) is 100 Å². The Kier molecular flexibility index (Phi) is 8.79. The Morgan fingerprint density at radius 1 is 1.00 bits per heavy atom. The summed E-state index contributed by atoms with van der Waals surface area (Å²) in [4.78, 5) is 33.7. The molecule has 0 bridgehead atoms. The van der Waals surface area contributed by atoms with Crippen LogP contribution in [0, 0.1) is 0 Å². The van der Waals surface area contributed by atoms with Crippen LogP contribution in [0.1, 0.15) is 61.6 Å². The highest BCUT2D eigenvalue weighted by molar-refractivity contribution is 5.96. The van der Waals surface area contributed by atoms with Gasteiger partial charge < -0.3 is 31.3 Å². The zero-order valence-electron chi connectivity index (χ0n) is 23.3. The number of nitrogens with two attached hydrogens (primary N) is 1. The first-order valence-electron chi connectivity index (χ1n) is 14.5. The Hall–Kier alpha value is -3.02. The standard InChI is InChI=1S/C28H43N9O2/c1-3-23-27(31-19-4-7-22(38)8-5-19)34-28(25(33-23)26(29)39)32-20-6-9-24(30-18-20)37-12-10-21(11-13-37)36-16-14-35(2)15-17-36/h6,9,18-19,21-22,38H,3-5,7-8,10-17H2,1-2H3,(H2,29,39)(H2,31,32,34). The smallest absolute Gasteiger partial charge is 0.271 e. The van der Waals surface area contributed by atoms with E-state index in [1.165, 1.54) is 0 Å². The summed E-state index contributed by atoms with van der Waals surface area (Å²) in [5, 5.41) is 16.6. The average molecular weight is 538 g/mol. The second kappa shape index (κ2) is 12.4. The molecule has 3 fully saturated rings. The molecule has 5 N–H and O–H groups in total. The topological polar surface area (TPSA) is 136 Å². The number of nitrogens with zero attached hydrogens (tertiary/aromatic N) is 6. The maximum absolute atomic E-state index is 12.2. The van der Waals surface area contributed by atoms with Crippen molar-refractivity contribution in [2.24, 2.45) is 5.73 Å². The lowest BCUT2D eigenvalue weighted by Gasteiger charge is -2.42. The van der Waals surface area contributed by atoms with Gasteiger partial charge in [0.2, 0.25) is 0 Å². The molecule has 0 spiro atoms. The van der Waals surface area contributed by atoms with E-state index in [1.807, 2.05) is 19.1 Å². The lowest BCUT2D eigenvalue weighted by Crippen LogP contribution is -2.52. The predicted molar refractivity (Wildman–Crippen MR) is 154 cm³/mol. The molecule has 212 valence electrons. The minimum Gasteiger partial charge on any atom is -0.393 e. The van der Waals surface area contributed by atoms with Crippen molar-refractivity contribution in [2.75, 3.05) is 61.8 Å². The summed E-state index contributed by atoms with van der Waals surface area (Å²) in [5.41, 5.74) is 7.22. The van der Waals surface area contributed by atoms with Crippen molar-refractivity contribution in [3.05, 3.63) is 29.7 Å². The van der Waals surface area contributed by atoms with Crippen LogP contribution in [0.2, 0.25) is 0 Å². The summed E-state index contributed by atoms with van der Waals surface area (Å²) < 4.78 is 0. The predicted octanol–water partition coefficient (Wildman–Crippen LogP) is 2.21. The number of aromatic nitrogens is 3. The monoisotopic (exact) mass is 537 g/mol. The molecule has 1 saturated carbocycles. The number of pyridine rings is 1. The number of primary amides is 1. The van der Waals surface area contributed by atoms with Crippen molar-refractivity contribution in [1.29, 1.82) is 0 Å². The largest absolute Gasteiger partial charge is 0.393 e. The van der Waals surface area contributed by atoms with Crippen LogP contribution >= 0.6 is 0 Å². The highest BCUT2D eigenvalue weighted by atomic mass is 16.3. The van der Waals surface area contributed by atoms with E-state index in [9.17, 15) is 9.90 Å². The van der Waals surface area contributed by atoms with Gasteiger partial charge in [0.15, 0.2) is 11.5 Å². The number of likely N-dealkylation sites (N-methyl/N-ethyl adjacent to an activating group) is 1. The SMILES string of the molecule is CCc1nc(C(N)=O)c(Nc2ccc(N3CCC(N4CCN(C)CC4)CC3)nc2)nc1NC1CCC(O)CC1. The Bertz CT molecular complexity index is 1100. The molecule has 5 rings (SSSR count). The molecule has 0 radical (unpaired) electrons. The summed E-state index contributed by atoms with van der Waals surface area (Å²) in [7, 11) is 2.20. The molecule has 0 atom stereocenters. The number of carbonyl (C=O) groups is 1. The van der Waals surface area contributed by atoms with E-state index in [2.05, 4.69) is 37.4 Å². The Labute approximate surface area is 231 Å². The summed E-state index contributed by atoms with van der Waals surface area (Å²) >= 11 is 0. The maximum Gasteiger partial charge on any atom is 0.271 e.